The van der Waals surface area contributed by atoms with E-state index in [2.05, 4.69) is 29.0 Å². The zero-order chi connectivity index (χ0) is 9.26. The fourth-order valence-corrected chi connectivity index (χ4v) is 2.35. The molecular weight excluding hydrogens is 180 g/mol. The Hall–Kier alpha value is -0.500. The van der Waals surface area contributed by atoms with E-state index in [9.17, 15) is 0 Å². The van der Waals surface area contributed by atoms with E-state index in [1.54, 1.807) is 11.9 Å². The maximum atomic E-state index is 4.08. The third kappa shape index (κ3) is 1.88. The summed E-state index contributed by atoms with van der Waals surface area (Å²) in [6, 6.07) is 0.643. The highest BCUT2D eigenvalue weighted by Gasteiger charge is 2.20. The number of rotatable bonds is 1. The standard InChI is InChI=1S/C10H14N2S/c1-8(2)12-6-4-9-3-5-11-13-10(9)7-12/h3,8H,4,6-7H2,1-2H3. The Morgan fingerprint density at radius 3 is 3.23 bits per heavy atom. The van der Waals surface area contributed by atoms with Crippen LogP contribution in [0.1, 0.15) is 20.3 Å². The molecule has 2 aliphatic heterocycles. The summed E-state index contributed by atoms with van der Waals surface area (Å²) in [6.45, 7) is 6.74. The van der Waals surface area contributed by atoms with Crippen molar-refractivity contribution in [1.29, 1.82) is 0 Å². The molecule has 0 fully saturated rings. The highest BCUT2D eigenvalue weighted by molar-refractivity contribution is 8.02. The van der Waals surface area contributed by atoms with Gasteiger partial charge in [0.25, 0.3) is 0 Å². The molecule has 3 heteroatoms. The average molecular weight is 194 g/mol. The van der Waals surface area contributed by atoms with Crippen LogP contribution in [0.4, 0.5) is 0 Å². The zero-order valence-electron chi connectivity index (χ0n) is 8.08. The van der Waals surface area contributed by atoms with Crippen molar-refractivity contribution in [3.63, 3.8) is 0 Å². The van der Waals surface area contributed by atoms with Crippen LogP contribution in [0, 0.1) is 0 Å². The van der Waals surface area contributed by atoms with E-state index in [0.29, 0.717) is 6.04 Å². The fraction of sp³-hybridized carbons (Fsp3) is 0.600. The first-order valence-electron chi connectivity index (χ1n) is 4.69. The average Bonchev–Trinajstić information content (AvgIpc) is 2.17. The largest absolute Gasteiger partial charge is 0.296 e. The van der Waals surface area contributed by atoms with Crippen LogP contribution in [0.2, 0.25) is 0 Å². The molecular formula is C10H14N2S. The minimum atomic E-state index is 0.643. The quantitative estimate of drug-likeness (QED) is 0.595. The van der Waals surface area contributed by atoms with Crippen LogP contribution < -0.4 is 0 Å². The minimum absolute atomic E-state index is 0.643. The van der Waals surface area contributed by atoms with Gasteiger partial charge in [-0.15, -0.1) is 0 Å². The summed E-state index contributed by atoms with van der Waals surface area (Å²) in [5.41, 5.74) is 1.44. The molecule has 0 saturated heterocycles. The zero-order valence-corrected chi connectivity index (χ0v) is 8.90. The van der Waals surface area contributed by atoms with Crippen LogP contribution in [0.3, 0.4) is 0 Å². The van der Waals surface area contributed by atoms with Crippen LogP contribution >= 0.6 is 11.9 Å². The molecule has 0 saturated carbocycles. The van der Waals surface area contributed by atoms with Gasteiger partial charge in [0.2, 0.25) is 0 Å². The Morgan fingerprint density at radius 1 is 1.62 bits per heavy atom. The smallest absolute Gasteiger partial charge is 0.0318 e. The van der Waals surface area contributed by atoms with Gasteiger partial charge in [0.15, 0.2) is 0 Å². The summed E-state index contributed by atoms with van der Waals surface area (Å²) in [5.74, 6) is 2.91. The van der Waals surface area contributed by atoms with Crippen molar-refractivity contribution in [3.8, 4) is 0 Å². The van der Waals surface area contributed by atoms with Gasteiger partial charge in [0.1, 0.15) is 0 Å². The van der Waals surface area contributed by atoms with E-state index in [1.165, 1.54) is 17.0 Å². The molecule has 0 amide bonds. The van der Waals surface area contributed by atoms with Crippen molar-refractivity contribution in [1.82, 2.24) is 4.90 Å². The summed E-state index contributed by atoms with van der Waals surface area (Å²) >= 11 is 1.59. The normalized spacial score (nSPS) is 22.7. The number of allylic oxidation sites excluding steroid dienone is 1. The van der Waals surface area contributed by atoms with E-state index in [0.717, 1.165) is 13.0 Å². The second-order valence-corrected chi connectivity index (χ2v) is 4.58. The van der Waals surface area contributed by atoms with Crippen molar-refractivity contribution in [2.45, 2.75) is 26.3 Å². The summed E-state index contributed by atoms with van der Waals surface area (Å²) < 4.78 is 4.08. The highest BCUT2D eigenvalue weighted by atomic mass is 32.2. The van der Waals surface area contributed by atoms with Crippen molar-refractivity contribution in [2.75, 3.05) is 13.1 Å². The summed E-state index contributed by atoms with van der Waals surface area (Å²) in [6.07, 6.45) is 3.19. The van der Waals surface area contributed by atoms with Crippen LogP contribution in [0.15, 0.2) is 21.0 Å². The van der Waals surface area contributed by atoms with Gasteiger partial charge in [0, 0.05) is 42.1 Å². The van der Waals surface area contributed by atoms with Gasteiger partial charge in [0.05, 0.1) is 0 Å². The fourth-order valence-electron chi connectivity index (χ4n) is 1.64. The van der Waals surface area contributed by atoms with Gasteiger partial charge in [-0.25, -0.2) is 0 Å². The maximum Gasteiger partial charge on any atom is 0.0318 e. The second kappa shape index (κ2) is 3.70. The lowest BCUT2D eigenvalue weighted by Crippen LogP contribution is -2.36. The van der Waals surface area contributed by atoms with Crippen molar-refractivity contribution < 1.29 is 0 Å². The van der Waals surface area contributed by atoms with E-state index >= 15 is 0 Å². The first kappa shape index (κ1) is 9.07. The molecule has 0 atom stereocenters. The summed E-state index contributed by atoms with van der Waals surface area (Å²) in [7, 11) is 0. The SMILES string of the molecule is CC(C)N1CCC2=C(C1)SN=C=C2. The van der Waals surface area contributed by atoms with Gasteiger partial charge in [-0.1, -0.05) is 0 Å². The second-order valence-electron chi connectivity index (χ2n) is 3.72. The maximum absolute atomic E-state index is 4.08. The lowest BCUT2D eigenvalue weighted by molar-refractivity contribution is 0.238. The van der Waals surface area contributed by atoms with Gasteiger partial charge in [-0.05, 0) is 31.7 Å². The van der Waals surface area contributed by atoms with Crippen molar-refractivity contribution in [3.05, 3.63) is 16.6 Å². The molecule has 0 aliphatic carbocycles. The third-order valence-electron chi connectivity index (χ3n) is 2.55. The number of hydrogen-bond acceptors (Lipinski definition) is 3. The predicted molar refractivity (Wildman–Crippen MR) is 57.9 cm³/mol. The van der Waals surface area contributed by atoms with Crippen LogP contribution in [0.25, 0.3) is 0 Å². The Bertz CT molecular complexity index is 298. The highest BCUT2D eigenvalue weighted by Crippen LogP contribution is 2.30. The Kier molecular flexibility index (Phi) is 2.58. The van der Waals surface area contributed by atoms with Crippen LogP contribution in [0.5, 0.6) is 0 Å². The Balaban J connectivity index is 2.13. The molecule has 2 heterocycles. The van der Waals surface area contributed by atoms with Crippen LogP contribution in [-0.2, 0) is 0 Å². The molecule has 0 bridgehead atoms. The minimum Gasteiger partial charge on any atom is -0.296 e. The molecule has 2 aliphatic rings. The first-order chi connectivity index (χ1) is 6.27. The van der Waals surface area contributed by atoms with Crippen LogP contribution in [-0.4, -0.2) is 29.9 Å². The van der Waals surface area contributed by atoms with Gasteiger partial charge in [-0.2, -0.15) is 4.40 Å². The van der Waals surface area contributed by atoms with E-state index in [4.69, 9.17) is 0 Å². The molecule has 0 radical (unpaired) electrons. The first-order valence-corrected chi connectivity index (χ1v) is 5.46. The third-order valence-corrected chi connectivity index (χ3v) is 3.36. The van der Waals surface area contributed by atoms with Gasteiger partial charge >= 0.3 is 0 Å². The summed E-state index contributed by atoms with van der Waals surface area (Å²) in [5, 5.41) is 0. The summed E-state index contributed by atoms with van der Waals surface area (Å²) in [4.78, 5) is 3.90. The van der Waals surface area contributed by atoms with E-state index in [1.807, 2.05) is 6.08 Å². The predicted octanol–water partition coefficient (Wildman–Crippen LogP) is 2.24. The van der Waals surface area contributed by atoms with Crippen molar-refractivity contribution in [2.24, 2.45) is 4.40 Å². The molecule has 0 aromatic rings. The molecule has 0 aromatic heterocycles. The number of nitrogens with zero attached hydrogens (tertiary/aromatic N) is 2. The molecule has 0 spiro atoms. The molecule has 0 aromatic carbocycles. The van der Waals surface area contributed by atoms with Gasteiger partial charge < -0.3 is 0 Å². The Labute approximate surface area is 83.5 Å². The topological polar surface area (TPSA) is 15.6 Å². The number of hydrogen-bond donors (Lipinski definition) is 0. The molecule has 0 unspecified atom stereocenters. The Morgan fingerprint density at radius 2 is 2.46 bits per heavy atom. The molecule has 2 nitrogen and oxygen atoms in total. The van der Waals surface area contributed by atoms with E-state index in [-0.39, 0.29) is 0 Å². The van der Waals surface area contributed by atoms with Gasteiger partial charge in [-0.3, -0.25) is 4.90 Å². The molecule has 13 heavy (non-hydrogen) atoms. The molecule has 2 rings (SSSR count). The molecule has 70 valence electrons. The van der Waals surface area contributed by atoms with E-state index < -0.39 is 0 Å². The molecule has 0 N–H and O–H groups in total. The monoisotopic (exact) mass is 194 g/mol. The lowest BCUT2D eigenvalue weighted by atomic mass is 10.1. The lowest BCUT2D eigenvalue weighted by Gasteiger charge is -2.32. The van der Waals surface area contributed by atoms with Crippen molar-refractivity contribution >= 4 is 17.8 Å².